The molecular weight excluding hydrogens is 248 g/mol. The third-order valence-corrected chi connectivity index (χ3v) is 3.64. The number of rotatable bonds is 4. The Balaban J connectivity index is 2.38. The van der Waals surface area contributed by atoms with Crippen LogP contribution in [0.5, 0.6) is 0 Å². The fraction of sp³-hybridized carbons (Fsp3) is 0.312. The van der Waals surface area contributed by atoms with Crippen LogP contribution in [-0.2, 0) is 13.0 Å². The number of unbranched alkanes of at least 4 members (excludes halogenated alkanes) is 1. The van der Waals surface area contributed by atoms with Gasteiger partial charge in [0, 0.05) is 18.4 Å². The minimum atomic E-state index is 0.516. The lowest BCUT2D eigenvalue weighted by Crippen LogP contribution is -2.03. The Hall–Kier alpha value is -2.10. The van der Waals surface area contributed by atoms with Gasteiger partial charge in [-0.1, -0.05) is 38.5 Å². The number of nitrogens with two attached hydrogens (primary N) is 1. The van der Waals surface area contributed by atoms with Crippen molar-refractivity contribution >= 4 is 27.8 Å². The molecule has 103 valence electrons. The molecule has 1 radical (unpaired) electrons. The molecule has 2 N–H and O–H groups in total. The highest BCUT2D eigenvalue weighted by molar-refractivity contribution is 6.06. The average molecular weight is 267 g/mol. The Kier molecular flexibility index (Phi) is 3.30. The number of nitrogens with zero attached hydrogens (tertiary/aromatic N) is 3. The molecule has 3 rings (SSSR count). The molecule has 1 aromatic carbocycles. The molecule has 0 aliphatic carbocycles. The van der Waals surface area contributed by atoms with Gasteiger partial charge in [0.15, 0.2) is 5.82 Å². The Labute approximate surface area is 118 Å². The van der Waals surface area contributed by atoms with Crippen molar-refractivity contribution in [3.05, 3.63) is 37.0 Å². The van der Waals surface area contributed by atoms with E-state index in [2.05, 4.69) is 34.4 Å². The van der Waals surface area contributed by atoms with Crippen molar-refractivity contribution < 1.29 is 0 Å². The predicted molar refractivity (Wildman–Crippen MR) is 83.4 cm³/mol. The van der Waals surface area contributed by atoms with Crippen LogP contribution in [0.1, 0.15) is 25.6 Å². The van der Waals surface area contributed by atoms with Gasteiger partial charge in [-0.15, -0.1) is 0 Å². The first-order valence-electron chi connectivity index (χ1n) is 7.08. The Morgan fingerprint density at radius 2 is 2.05 bits per heavy atom. The molecule has 0 saturated carbocycles. The number of hydrogen-bond donors (Lipinski definition) is 1. The Morgan fingerprint density at radius 1 is 1.25 bits per heavy atom. The van der Waals surface area contributed by atoms with Crippen molar-refractivity contribution in [3.8, 4) is 0 Å². The van der Waals surface area contributed by atoms with E-state index in [-0.39, 0.29) is 0 Å². The van der Waals surface area contributed by atoms with E-state index in [1.807, 2.05) is 18.2 Å². The van der Waals surface area contributed by atoms with E-state index in [0.29, 0.717) is 5.82 Å². The molecule has 0 spiro atoms. The summed E-state index contributed by atoms with van der Waals surface area (Å²) in [5, 5.41) is 1.12. The normalized spacial score (nSPS) is 11.5. The van der Waals surface area contributed by atoms with E-state index in [9.17, 15) is 0 Å². The van der Waals surface area contributed by atoms with Crippen LogP contribution in [0.25, 0.3) is 21.9 Å². The second-order valence-corrected chi connectivity index (χ2v) is 4.95. The molecule has 20 heavy (non-hydrogen) atoms. The average Bonchev–Trinajstić information content (AvgIpc) is 2.84. The van der Waals surface area contributed by atoms with Crippen molar-refractivity contribution in [3.63, 3.8) is 0 Å². The molecule has 0 saturated heterocycles. The van der Waals surface area contributed by atoms with Crippen LogP contribution in [0, 0.1) is 6.92 Å². The largest absolute Gasteiger partial charge is 0.382 e. The number of anilines is 1. The highest BCUT2D eigenvalue weighted by Crippen LogP contribution is 2.29. The summed E-state index contributed by atoms with van der Waals surface area (Å²) in [5.74, 6) is 1.58. The lowest BCUT2D eigenvalue weighted by atomic mass is 10.2. The van der Waals surface area contributed by atoms with Crippen molar-refractivity contribution in [1.29, 1.82) is 0 Å². The van der Waals surface area contributed by atoms with E-state index < -0.39 is 0 Å². The molecule has 0 bridgehead atoms. The Morgan fingerprint density at radius 3 is 2.80 bits per heavy atom. The van der Waals surface area contributed by atoms with Gasteiger partial charge in [0.25, 0.3) is 0 Å². The van der Waals surface area contributed by atoms with Crippen molar-refractivity contribution in [2.75, 3.05) is 5.73 Å². The number of aryl methyl sites for hydroxylation is 2. The molecule has 4 nitrogen and oxygen atoms in total. The zero-order valence-corrected chi connectivity index (χ0v) is 11.8. The zero-order valence-electron chi connectivity index (χ0n) is 11.8. The lowest BCUT2D eigenvalue weighted by molar-refractivity contribution is 0.635. The number of imidazole rings is 1. The van der Waals surface area contributed by atoms with Gasteiger partial charge in [-0.05, 0) is 12.5 Å². The highest BCUT2D eigenvalue weighted by atomic mass is 15.1. The summed E-state index contributed by atoms with van der Waals surface area (Å²) in [5.41, 5.74) is 8.95. The Bertz CT molecular complexity index is 758. The van der Waals surface area contributed by atoms with E-state index in [0.717, 1.165) is 53.6 Å². The second-order valence-electron chi connectivity index (χ2n) is 4.95. The van der Waals surface area contributed by atoms with Crippen LogP contribution < -0.4 is 5.73 Å². The van der Waals surface area contributed by atoms with Gasteiger partial charge in [0.1, 0.15) is 11.3 Å². The lowest BCUT2D eigenvalue weighted by Gasteiger charge is -2.09. The molecule has 2 aromatic heterocycles. The standard InChI is InChI=1S/C16H19N4/c1-3-5-10-20-13(4-2)19-14-15(20)11-8-6-7-9-12(11)18-16(14)17/h6-9H,1,3-5,10H2,2H3,(H2,17,18). The summed E-state index contributed by atoms with van der Waals surface area (Å²) in [6.07, 6.45) is 2.84. The molecule has 0 amide bonds. The van der Waals surface area contributed by atoms with E-state index in [4.69, 9.17) is 5.73 Å². The SMILES string of the molecule is [CH2]CCCn1c(CC)nc2c(N)nc3ccccc3c21. The number of pyridine rings is 1. The molecule has 3 aromatic rings. The van der Waals surface area contributed by atoms with Crippen LogP contribution in [0.15, 0.2) is 24.3 Å². The topological polar surface area (TPSA) is 56.7 Å². The van der Waals surface area contributed by atoms with Crippen LogP contribution in [-0.4, -0.2) is 14.5 Å². The third kappa shape index (κ3) is 1.92. The van der Waals surface area contributed by atoms with Gasteiger partial charge in [0.05, 0.1) is 11.0 Å². The van der Waals surface area contributed by atoms with Gasteiger partial charge >= 0.3 is 0 Å². The summed E-state index contributed by atoms with van der Waals surface area (Å²) in [6.45, 7) is 6.98. The van der Waals surface area contributed by atoms with E-state index in [1.54, 1.807) is 0 Å². The van der Waals surface area contributed by atoms with Crippen LogP contribution in [0.4, 0.5) is 5.82 Å². The molecule has 0 aliphatic heterocycles. The van der Waals surface area contributed by atoms with Gasteiger partial charge in [-0.25, -0.2) is 9.97 Å². The zero-order chi connectivity index (χ0) is 14.1. The van der Waals surface area contributed by atoms with E-state index in [1.165, 1.54) is 0 Å². The molecule has 0 unspecified atom stereocenters. The summed E-state index contributed by atoms with van der Waals surface area (Å²) in [4.78, 5) is 9.15. The number of aromatic nitrogens is 3. The maximum atomic E-state index is 6.09. The van der Waals surface area contributed by atoms with Crippen LogP contribution in [0.2, 0.25) is 0 Å². The number of para-hydroxylation sites is 1. The quantitative estimate of drug-likeness (QED) is 0.788. The van der Waals surface area contributed by atoms with Gasteiger partial charge in [-0.3, -0.25) is 0 Å². The smallest absolute Gasteiger partial charge is 0.152 e. The number of hydrogen-bond acceptors (Lipinski definition) is 3. The summed E-state index contributed by atoms with van der Waals surface area (Å²) in [6, 6.07) is 8.10. The molecule has 4 heteroatoms. The minimum Gasteiger partial charge on any atom is -0.382 e. The molecular formula is C16H19N4. The third-order valence-electron chi connectivity index (χ3n) is 3.64. The predicted octanol–water partition coefficient (Wildman–Crippen LogP) is 3.34. The molecule has 0 fully saturated rings. The van der Waals surface area contributed by atoms with Gasteiger partial charge < -0.3 is 10.3 Å². The maximum Gasteiger partial charge on any atom is 0.152 e. The first-order valence-corrected chi connectivity index (χ1v) is 7.08. The van der Waals surface area contributed by atoms with Gasteiger partial charge in [-0.2, -0.15) is 0 Å². The van der Waals surface area contributed by atoms with Crippen molar-refractivity contribution in [2.45, 2.75) is 32.7 Å². The van der Waals surface area contributed by atoms with E-state index >= 15 is 0 Å². The van der Waals surface area contributed by atoms with Crippen LogP contribution in [0.3, 0.4) is 0 Å². The number of fused-ring (bicyclic) bond motifs is 3. The van der Waals surface area contributed by atoms with Gasteiger partial charge in [0.2, 0.25) is 0 Å². The maximum absolute atomic E-state index is 6.09. The molecule has 0 atom stereocenters. The minimum absolute atomic E-state index is 0.516. The van der Waals surface area contributed by atoms with Crippen molar-refractivity contribution in [1.82, 2.24) is 14.5 Å². The summed E-state index contributed by atoms with van der Waals surface area (Å²) >= 11 is 0. The fourth-order valence-electron chi connectivity index (χ4n) is 2.69. The van der Waals surface area contributed by atoms with Crippen LogP contribution >= 0.6 is 0 Å². The monoisotopic (exact) mass is 267 g/mol. The van der Waals surface area contributed by atoms with Crippen molar-refractivity contribution in [2.24, 2.45) is 0 Å². The highest BCUT2D eigenvalue weighted by Gasteiger charge is 2.15. The number of nitrogen functional groups attached to an aromatic ring is 1. The molecule has 0 aliphatic rings. The fourth-order valence-corrected chi connectivity index (χ4v) is 2.69. The molecule has 2 heterocycles. The first kappa shape index (κ1) is 12.9. The number of benzene rings is 1. The second kappa shape index (κ2) is 5.12. The first-order chi connectivity index (χ1) is 9.76. The summed E-state index contributed by atoms with van der Waals surface area (Å²) in [7, 11) is 0. The summed E-state index contributed by atoms with van der Waals surface area (Å²) < 4.78 is 2.28.